The van der Waals surface area contributed by atoms with Crippen LogP contribution in [0.15, 0.2) is 139 Å². The summed E-state index contributed by atoms with van der Waals surface area (Å²) in [7, 11) is -2.22. The van der Waals surface area contributed by atoms with Gasteiger partial charge in [-0.25, -0.2) is 0 Å². The summed E-state index contributed by atoms with van der Waals surface area (Å²) >= 11 is 0. The predicted octanol–water partition coefficient (Wildman–Crippen LogP) is 6.15. The summed E-state index contributed by atoms with van der Waals surface area (Å²) in [5.74, 6) is 0.407. The van der Waals surface area contributed by atoms with Gasteiger partial charge in [0.15, 0.2) is 0 Å². The lowest BCUT2D eigenvalue weighted by atomic mass is 10.0. The molecule has 0 spiro atoms. The highest BCUT2D eigenvalue weighted by Crippen LogP contribution is 2.21. The minimum absolute atomic E-state index is 0.407. The molecular weight excluding hydrogens is 414 g/mol. The molecule has 2 heteroatoms. The molecule has 0 fully saturated rings. The standard InChI is InChI=1S/C31H31NSi/c1-3-26(2)24-33(29-20-12-6-13-21-29,30-22-14-7-15-23-30)25-32-31(27-16-8-4-9-17-27)28-18-10-5-11-19-28/h3-23,26H,1,24-25H2,2H3. The van der Waals surface area contributed by atoms with Gasteiger partial charge in [-0.3, -0.25) is 4.99 Å². The second kappa shape index (κ2) is 10.9. The molecule has 33 heavy (non-hydrogen) atoms. The Morgan fingerprint density at radius 3 is 1.48 bits per heavy atom. The van der Waals surface area contributed by atoms with E-state index in [0.29, 0.717) is 5.92 Å². The zero-order valence-corrected chi connectivity index (χ0v) is 20.3. The van der Waals surface area contributed by atoms with E-state index in [4.69, 9.17) is 4.99 Å². The summed E-state index contributed by atoms with van der Waals surface area (Å²) < 4.78 is 0. The van der Waals surface area contributed by atoms with Gasteiger partial charge in [-0.2, -0.15) is 0 Å². The van der Waals surface area contributed by atoms with E-state index in [9.17, 15) is 0 Å². The average Bonchev–Trinajstić information content (AvgIpc) is 2.90. The lowest BCUT2D eigenvalue weighted by Crippen LogP contribution is -2.62. The second-order valence-electron chi connectivity index (χ2n) is 8.63. The van der Waals surface area contributed by atoms with E-state index in [1.54, 1.807) is 0 Å². The number of aliphatic imine (C=N–C) groups is 1. The van der Waals surface area contributed by atoms with Crippen molar-refractivity contribution in [1.82, 2.24) is 0 Å². The molecule has 0 radical (unpaired) electrons. The Kier molecular flexibility index (Phi) is 7.49. The SMILES string of the molecule is C=CC(C)C[Si](CN=C(c1ccccc1)c1ccccc1)(c1ccccc1)c1ccccc1. The fourth-order valence-electron chi connectivity index (χ4n) is 4.55. The van der Waals surface area contributed by atoms with Crippen LogP contribution < -0.4 is 10.4 Å². The van der Waals surface area contributed by atoms with E-state index in [1.165, 1.54) is 10.4 Å². The van der Waals surface area contributed by atoms with Crippen LogP contribution in [0.2, 0.25) is 6.04 Å². The zero-order chi connectivity index (χ0) is 22.9. The summed E-state index contributed by atoms with van der Waals surface area (Å²) in [6.07, 6.45) is 2.88. The fraction of sp³-hybridized carbons (Fsp3) is 0.129. The second-order valence-corrected chi connectivity index (χ2v) is 12.7. The lowest BCUT2D eigenvalue weighted by molar-refractivity contribution is 0.814. The topological polar surface area (TPSA) is 12.4 Å². The molecule has 0 bridgehead atoms. The van der Waals surface area contributed by atoms with Gasteiger partial charge in [0.05, 0.1) is 5.71 Å². The van der Waals surface area contributed by atoms with Crippen molar-refractivity contribution in [3.63, 3.8) is 0 Å². The van der Waals surface area contributed by atoms with E-state index in [0.717, 1.165) is 29.1 Å². The molecule has 0 saturated heterocycles. The molecule has 164 valence electrons. The molecule has 1 nitrogen and oxygen atoms in total. The van der Waals surface area contributed by atoms with Crippen molar-refractivity contribution >= 4 is 24.2 Å². The fourth-order valence-corrected chi connectivity index (χ4v) is 9.21. The first-order valence-electron chi connectivity index (χ1n) is 11.6. The summed E-state index contributed by atoms with van der Waals surface area (Å²) in [4.78, 5) is 5.42. The Bertz CT molecular complexity index is 1090. The van der Waals surface area contributed by atoms with E-state index in [1.807, 2.05) is 0 Å². The van der Waals surface area contributed by atoms with Crippen molar-refractivity contribution in [2.24, 2.45) is 10.9 Å². The number of rotatable bonds is 9. The molecule has 0 saturated carbocycles. The molecule has 4 aromatic rings. The summed E-state index contributed by atoms with van der Waals surface area (Å²) in [6.45, 7) is 6.39. The molecule has 0 aliphatic rings. The normalized spacial score (nSPS) is 12.0. The van der Waals surface area contributed by atoms with Crippen LogP contribution in [0.4, 0.5) is 0 Å². The number of hydrogen-bond donors (Lipinski definition) is 0. The van der Waals surface area contributed by atoms with Crippen LogP contribution in [0.5, 0.6) is 0 Å². The van der Waals surface area contributed by atoms with Crippen molar-refractivity contribution in [3.8, 4) is 0 Å². The molecule has 4 rings (SSSR count). The third kappa shape index (κ3) is 5.29. The van der Waals surface area contributed by atoms with Gasteiger partial charge in [0, 0.05) is 17.3 Å². The third-order valence-corrected chi connectivity index (χ3v) is 11.2. The monoisotopic (exact) mass is 445 g/mol. The van der Waals surface area contributed by atoms with Gasteiger partial charge < -0.3 is 0 Å². The Balaban J connectivity index is 1.89. The van der Waals surface area contributed by atoms with Crippen LogP contribution in [0.1, 0.15) is 18.1 Å². The summed E-state index contributed by atoms with van der Waals surface area (Å²) in [5.41, 5.74) is 3.38. The van der Waals surface area contributed by atoms with Gasteiger partial charge in [0.25, 0.3) is 0 Å². The van der Waals surface area contributed by atoms with Crippen LogP contribution >= 0.6 is 0 Å². The molecule has 0 heterocycles. The number of allylic oxidation sites excluding steroid dienone is 1. The largest absolute Gasteiger partial charge is 0.286 e. The third-order valence-electron chi connectivity index (χ3n) is 6.33. The molecule has 0 aromatic heterocycles. The highest BCUT2D eigenvalue weighted by Gasteiger charge is 2.38. The van der Waals surface area contributed by atoms with Crippen LogP contribution in [0, 0.1) is 5.92 Å². The van der Waals surface area contributed by atoms with Gasteiger partial charge in [0.1, 0.15) is 8.07 Å². The van der Waals surface area contributed by atoms with Crippen LogP contribution in [-0.4, -0.2) is 20.0 Å². The van der Waals surface area contributed by atoms with Crippen molar-refractivity contribution in [1.29, 1.82) is 0 Å². The minimum Gasteiger partial charge on any atom is -0.286 e. The molecule has 1 atom stereocenters. The van der Waals surface area contributed by atoms with Crippen molar-refractivity contribution in [2.75, 3.05) is 6.17 Å². The molecular formula is C31H31NSi. The Morgan fingerprint density at radius 1 is 0.697 bits per heavy atom. The van der Waals surface area contributed by atoms with Crippen molar-refractivity contribution in [3.05, 3.63) is 145 Å². The average molecular weight is 446 g/mol. The number of benzene rings is 4. The zero-order valence-electron chi connectivity index (χ0n) is 19.3. The maximum atomic E-state index is 5.42. The quantitative estimate of drug-likeness (QED) is 0.166. The molecule has 0 amide bonds. The number of nitrogens with zero attached hydrogens (tertiary/aromatic N) is 1. The van der Waals surface area contributed by atoms with Crippen LogP contribution in [0.3, 0.4) is 0 Å². The van der Waals surface area contributed by atoms with Crippen LogP contribution in [0.25, 0.3) is 0 Å². The van der Waals surface area contributed by atoms with E-state index < -0.39 is 8.07 Å². The first kappa shape index (κ1) is 22.7. The Labute approximate surface area is 199 Å². The first-order valence-corrected chi connectivity index (χ1v) is 14.0. The molecule has 0 aliphatic heterocycles. The van der Waals surface area contributed by atoms with Gasteiger partial charge in [-0.15, -0.1) is 6.58 Å². The Morgan fingerprint density at radius 2 is 1.09 bits per heavy atom. The van der Waals surface area contributed by atoms with E-state index in [2.05, 4.69) is 141 Å². The number of hydrogen-bond acceptors (Lipinski definition) is 1. The van der Waals surface area contributed by atoms with Crippen molar-refractivity contribution in [2.45, 2.75) is 13.0 Å². The summed E-state index contributed by atoms with van der Waals surface area (Å²) in [5, 5.41) is 2.85. The first-order chi connectivity index (χ1) is 16.2. The van der Waals surface area contributed by atoms with E-state index >= 15 is 0 Å². The maximum Gasteiger partial charge on any atom is 0.140 e. The van der Waals surface area contributed by atoms with Gasteiger partial charge in [0.2, 0.25) is 0 Å². The highest BCUT2D eigenvalue weighted by molar-refractivity contribution is 7.02. The molecule has 1 unspecified atom stereocenters. The van der Waals surface area contributed by atoms with Crippen molar-refractivity contribution < 1.29 is 0 Å². The van der Waals surface area contributed by atoms with Crippen LogP contribution in [-0.2, 0) is 0 Å². The summed E-state index contributed by atoms with van der Waals surface area (Å²) in [6, 6.07) is 44.3. The smallest absolute Gasteiger partial charge is 0.140 e. The Hall–Kier alpha value is -3.49. The predicted molar refractivity (Wildman–Crippen MR) is 145 cm³/mol. The molecule has 4 aromatic carbocycles. The molecule has 0 aliphatic carbocycles. The van der Waals surface area contributed by atoms with Gasteiger partial charge >= 0.3 is 0 Å². The maximum absolute atomic E-state index is 5.42. The highest BCUT2D eigenvalue weighted by atomic mass is 28.3. The van der Waals surface area contributed by atoms with Gasteiger partial charge in [-0.1, -0.05) is 145 Å². The van der Waals surface area contributed by atoms with E-state index in [-0.39, 0.29) is 0 Å². The van der Waals surface area contributed by atoms with Gasteiger partial charge in [-0.05, 0) is 12.0 Å². The lowest BCUT2D eigenvalue weighted by Gasteiger charge is -2.33. The molecule has 0 N–H and O–H groups in total. The minimum atomic E-state index is -2.22.